The molecule has 1 aliphatic carbocycles. The molecule has 1 saturated carbocycles. The van der Waals surface area contributed by atoms with Crippen molar-refractivity contribution in [2.45, 2.75) is 56.8 Å². The zero-order valence-corrected chi connectivity index (χ0v) is 18.2. The van der Waals surface area contributed by atoms with Crippen LogP contribution in [0.25, 0.3) is 16.7 Å². The van der Waals surface area contributed by atoms with Crippen molar-refractivity contribution in [1.82, 2.24) is 30.0 Å². The standard InChI is InChI=1S/C23H25F3N6O/c1-31-12-14-4-2-5-17(21(14)30-31)22(33)28-16-10-8-15(9-11-16)27-19-6-3-7-20-29-18(13-32(19)20)23(24,25)26/h2,4-6,12-13,15-16,27H,3,7-11H2,1H3,(H,28,33). The summed E-state index contributed by atoms with van der Waals surface area (Å²) < 4.78 is 42.4. The summed E-state index contributed by atoms with van der Waals surface area (Å²) in [5, 5.41) is 11.9. The normalized spacial score (nSPS) is 20.9. The van der Waals surface area contributed by atoms with E-state index < -0.39 is 11.9 Å². The second-order valence-corrected chi connectivity index (χ2v) is 8.75. The number of allylic oxidation sites excluding steroid dienone is 1. The SMILES string of the molecule is Cn1cc2cccc(C(=O)NC3CCC(NC4=CCCc5nc(C(F)(F)F)cn54)CC3)c2n1. The van der Waals surface area contributed by atoms with E-state index >= 15 is 0 Å². The van der Waals surface area contributed by atoms with E-state index in [0.717, 1.165) is 37.3 Å². The second-order valence-electron chi connectivity index (χ2n) is 8.75. The second kappa shape index (κ2) is 8.24. The predicted molar refractivity (Wildman–Crippen MR) is 117 cm³/mol. The molecule has 0 saturated heterocycles. The lowest BCUT2D eigenvalue weighted by molar-refractivity contribution is -0.141. The van der Waals surface area contributed by atoms with Crippen LogP contribution in [0.5, 0.6) is 0 Å². The molecule has 3 aromatic rings. The van der Waals surface area contributed by atoms with E-state index in [1.54, 1.807) is 10.7 Å². The minimum atomic E-state index is -4.45. The first kappa shape index (κ1) is 21.5. The van der Waals surface area contributed by atoms with E-state index in [2.05, 4.69) is 20.7 Å². The van der Waals surface area contributed by atoms with Gasteiger partial charge in [-0.25, -0.2) is 4.98 Å². The molecule has 0 spiro atoms. The van der Waals surface area contributed by atoms with Crippen molar-refractivity contribution in [3.63, 3.8) is 0 Å². The molecule has 2 aromatic heterocycles. The number of carbonyl (C=O) groups excluding carboxylic acids is 1. The van der Waals surface area contributed by atoms with Gasteiger partial charge in [0.05, 0.1) is 5.56 Å². The van der Waals surface area contributed by atoms with E-state index in [0.29, 0.717) is 35.6 Å². The number of alkyl halides is 3. The van der Waals surface area contributed by atoms with Gasteiger partial charge < -0.3 is 10.6 Å². The van der Waals surface area contributed by atoms with E-state index in [-0.39, 0.29) is 18.0 Å². The molecule has 7 nitrogen and oxygen atoms in total. The van der Waals surface area contributed by atoms with Crippen LogP contribution in [0, 0.1) is 0 Å². The highest BCUT2D eigenvalue weighted by Crippen LogP contribution is 2.31. The molecule has 1 aromatic carbocycles. The van der Waals surface area contributed by atoms with Crippen molar-refractivity contribution in [3.05, 3.63) is 53.8 Å². The monoisotopic (exact) mass is 458 g/mol. The summed E-state index contributed by atoms with van der Waals surface area (Å²) >= 11 is 0. The number of nitrogens with one attached hydrogen (secondary N) is 2. The molecule has 2 aliphatic rings. The molecule has 0 unspecified atom stereocenters. The van der Waals surface area contributed by atoms with Crippen LogP contribution in [-0.4, -0.2) is 37.3 Å². The summed E-state index contributed by atoms with van der Waals surface area (Å²) in [4.78, 5) is 16.6. The van der Waals surface area contributed by atoms with Gasteiger partial charge in [-0.3, -0.25) is 14.0 Å². The molecule has 2 N–H and O–H groups in total. The number of rotatable bonds is 4. The first-order valence-corrected chi connectivity index (χ1v) is 11.1. The Hall–Kier alpha value is -3.30. The Bertz CT molecular complexity index is 1220. The van der Waals surface area contributed by atoms with Crippen LogP contribution in [0.1, 0.15) is 54.0 Å². The Kier molecular flexibility index (Phi) is 5.38. The predicted octanol–water partition coefficient (Wildman–Crippen LogP) is 3.86. The molecular weight excluding hydrogens is 433 g/mol. The van der Waals surface area contributed by atoms with Crippen molar-refractivity contribution < 1.29 is 18.0 Å². The summed E-state index contributed by atoms with van der Waals surface area (Å²) in [6, 6.07) is 5.75. The maximum absolute atomic E-state index is 13.1. The largest absolute Gasteiger partial charge is 0.434 e. The number of amides is 1. The van der Waals surface area contributed by atoms with Gasteiger partial charge in [-0.1, -0.05) is 12.1 Å². The average Bonchev–Trinajstić information content (AvgIpc) is 3.38. The third-order valence-electron chi connectivity index (χ3n) is 6.34. The number of carbonyl (C=O) groups is 1. The zero-order valence-electron chi connectivity index (χ0n) is 18.2. The topological polar surface area (TPSA) is 76.8 Å². The first-order chi connectivity index (χ1) is 15.8. The van der Waals surface area contributed by atoms with Crippen LogP contribution in [0.15, 0.2) is 36.7 Å². The molecule has 10 heteroatoms. The van der Waals surface area contributed by atoms with Gasteiger partial charge in [0.2, 0.25) is 0 Å². The van der Waals surface area contributed by atoms with Gasteiger partial charge >= 0.3 is 6.18 Å². The fraction of sp³-hybridized carbons (Fsp3) is 0.435. The molecular formula is C23H25F3N6O. The van der Waals surface area contributed by atoms with E-state index in [9.17, 15) is 18.0 Å². The highest BCUT2D eigenvalue weighted by Gasteiger charge is 2.35. The highest BCUT2D eigenvalue weighted by molar-refractivity contribution is 6.05. The molecule has 5 rings (SSSR count). The third kappa shape index (κ3) is 4.34. The fourth-order valence-electron chi connectivity index (χ4n) is 4.71. The van der Waals surface area contributed by atoms with Gasteiger partial charge in [0.15, 0.2) is 5.69 Å². The van der Waals surface area contributed by atoms with Gasteiger partial charge in [-0.2, -0.15) is 18.3 Å². The number of aromatic nitrogens is 4. The Labute approximate surface area is 188 Å². The van der Waals surface area contributed by atoms with Crippen LogP contribution < -0.4 is 10.6 Å². The van der Waals surface area contributed by atoms with Crippen LogP contribution in [0.3, 0.4) is 0 Å². The highest BCUT2D eigenvalue weighted by atomic mass is 19.4. The quantitative estimate of drug-likeness (QED) is 0.623. The zero-order chi connectivity index (χ0) is 23.2. The van der Waals surface area contributed by atoms with E-state index in [1.165, 1.54) is 4.57 Å². The summed E-state index contributed by atoms with van der Waals surface area (Å²) in [7, 11) is 1.83. The summed E-state index contributed by atoms with van der Waals surface area (Å²) in [6.07, 6.45) is 4.77. The molecule has 0 radical (unpaired) electrons. The minimum absolute atomic E-state index is 0.0514. The lowest BCUT2D eigenvalue weighted by Gasteiger charge is -2.32. The number of halogens is 3. The minimum Gasteiger partial charge on any atom is -0.369 e. The van der Waals surface area contributed by atoms with Gasteiger partial charge in [0.1, 0.15) is 17.2 Å². The maximum atomic E-state index is 13.1. The van der Waals surface area contributed by atoms with Gasteiger partial charge in [0, 0.05) is 43.3 Å². The molecule has 3 heterocycles. The van der Waals surface area contributed by atoms with Crippen molar-refractivity contribution in [2.75, 3.05) is 0 Å². The fourth-order valence-corrected chi connectivity index (χ4v) is 4.71. The molecule has 174 valence electrons. The number of nitrogens with zero attached hydrogens (tertiary/aromatic N) is 4. The Balaban J connectivity index is 1.19. The molecule has 1 aliphatic heterocycles. The van der Waals surface area contributed by atoms with Crippen LogP contribution in [0.4, 0.5) is 13.2 Å². The molecule has 1 fully saturated rings. The summed E-state index contributed by atoms with van der Waals surface area (Å²) in [5.41, 5.74) is 0.390. The van der Waals surface area contributed by atoms with E-state index in [4.69, 9.17) is 0 Å². The molecule has 1 amide bonds. The third-order valence-corrected chi connectivity index (χ3v) is 6.34. The van der Waals surface area contributed by atoms with Crippen molar-refractivity contribution in [3.8, 4) is 0 Å². The Morgan fingerprint density at radius 2 is 1.88 bits per heavy atom. The summed E-state index contributed by atoms with van der Waals surface area (Å²) in [6.45, 7) is 0. The average molecular weight is 458 g/mol. The molecule has 0 atom stereocenters. The van der Waals surface area contributed by atoms with Crippen molar-refractivity contribution in [2.24, 2.45) is 7.05 Å². The number of hydrogen-bond acceptors (Lipinski definition) is 4. The van der Waals surface area contributed by atoms with Crippen molar-refractivity contribution >= 4 is 22.6 Å². The molecule has 33 heavy (non-hydrogen) atoms. The maximum Gasteiger partial charge on any atom is 0.434 e. The van der Waals surface area contributed by atoms with E-state index in [1.807, 2.05) is 31.5 Å². The smallest absolute Gasteiger partial charge is 0.369 e. The number of hydrogen-bond donors (Lipinski definition) is 2. The summed E-state index contributed by atoms with van der Waals surface area (Å²) in [5.74, 6) is 0.957. The number of benzene rings is 1. The van der Waals surface area contributed by atoms with Crippen LogP contribution >= 0.6 is 0 Å². The molecule has 0 bridgehead atoms. The first-order valence-electron chi connectivity index (χ1n) is 11.1. The van der Waals surface area contributed by atoms with Gasteiger partial charge in [-0.05, 0) is 44.2 Å². The van der Waals surface area contributed by atoms with Crippen LogP contribution in [-0.2, 0) is 19.6 Å². The number of imidazole rings is 1. The van der Waals surface area contributed by atoms with Crippen molar-refractivity contribution in [1.29, 1.82) is 0 Å². The lowest BCUT2D eigenvalue weighted by atomic mass is 9.91. The van der Waals surface area contributed by atoms with Crippen LogP contribution in [0.2, 0.25) is 0 Å². The number of fused-ring (bicyclic) bond motifs is 2. The van der Waals surface area contributed by atoms with Gasteiger partial charge in [0.25, 0.3) is 5.91 Å². The number of aryl methyl sites for hydroxylation is 2. The Morgan fingerprint density at radius 3 is 2.64 bits per heavy atom. The van der Waals surface area contributed by atoms with Gasteiger partial charge in [-0.15, -0.1) is 0 Å². The Morgan fingerprint density at radius 1 is 1.12 bits per heavy atom. The lowest BCUT2D eigenvalue weighted by Crippen LogP contribution is -2.42.